The quantitative estimate of drug-likeness (QED) is 0.555. The second-order valence-electron chi connectivity index (χ2n) is 8.30. The molecule has 1 aromatic heterocycles. The van der Waals surface area contributed by atoms with Gasteiger partial charge in [0.1, 0.15) is 5.75 Å². The summed E-state index contributed by atoms with van der Waals surface area (Å²) in [6, 6.07) is 17.5. The summed E-state index contributed by atoms with van der Waals surface area (Å²) < 4.78 is 7.14. The van der Waals surface area contributed by atoms with Crippen molar-refractivity contribution in [3.8, 4) is 10.9 Å². The summed E-state index contributed by atoms with van der Waals surface area (Å²) in [4.78, 5) is 9.90. The Hall–Kier alpha value is -1.95. The van der Waals surface area contributed by atoms with Gasteiger partial charge in [0.05, 0.1) is 10.2 Å². The molecular weight excluding hydrogens is 378 g/mol. The lowest BCUT2D eigenvalue weighted by atomic mass is 9.99. The number of hydrogen-bond acceptors (Lipinski definition) is 5. The van der Waals surface area contributed by atoms with Gasteiger partial charge < -0.3 is 9.64 Å². The highest BCUT2D eigenvalue weighted by Gasteiger charge is 2.25. The molecule has 0 saturated carbocycles. The van der Waals surface area contributed by atoms with E-state index in [1.165, 1.54) is 63.8 Å². The third-order valence-corrected chi connectivity index (χ3v) is 7.19. The summed E-state index contributed by atoms with van der Waals surface area (Å²) in [5, 5.41) is 0.707. The van der Waals surface area contributed by atoms with Gasteiger partial charge in [0.25, 0.3) is 5.19 Å². The first-order valence-corrected chi connectivity index (χ1v) is 11.7. The predicted molar refractivity (Wildman–Crippen MR) is 120 cm³/mol. The Morgan fingerprint density at radius 2 is 1.66 bits per heavy atom. The van der Waals surface area contributed by atoms with Crippen LogP contribution >= 0.6 is 11.3 Å². The van der Waals surface area contributed by atoms with Gasteiger partial charge in [-0.3, -0.25) is 4.90 Å². The number of ether oxygens (including phenoxy) is 1. The van der Waals surface area contributed by atoms with Gasteiger partial charge >= 0.3 is 0 Å². The molecule has 0 spiro atoms. The van der Waals surface area contributed by atoms with Gasteiger partial charge in [0.2, 0.25) is 0 Å². The Labute approximate surface area is 177 Å². The van der Waals surface area contributed by atoms with Crippen LogP contribution in [0.4, 0.5) is 0 Å². The molecule has 3 aromatic rings. The Bertz CT molecular complexity index is 892. The van der Waals surface area contributed by atoms with Crippen molar-refractivity contribution in [3.05, 3.63) is 54.1 Å². The molecule has 2 aromatic carbocycles. The largest absolute Gasteiger partial charge is 0.431 e. The zero-order valence-electron chi connectivity index (χ0n) is 16.9. The lowest BCUT2D eigenvalue weighted by Gasteiger charge is -2.40. The number of piperidine rings is 2. The van der Waals surface area contributed by atoms with Gasteiger partial charge in [-0.1, -0.05) is 42.0 Å². The molecule has 2 aliphatic heterocycles. The second kappa shape index (κ2) is 8.82. The fraction of sp³-hybridized carbons (Fsp3) is 0.458. The zero-order valence-corrected chi connectivity index (χ0v) is 17.7. The first kappa shape index (κ1) is 19.0. The molecule has 2 fully saturated rings. The highest BCUT2D eigenvalue weighted by molar-refractivity contribution is 7.20. The van der Waals surface area contributed by atoms with Crippen molar-refractivity contribution in [2.75, 3.05) is 26.2 Å². The van der Waals surface area contributed by atoms with Crippen LogP contribution in [0.3, 0.4) is 0 Å². The predicted octanol–water partition coefficient (Wildman–Crippen LogP) is 5.54. The first-order valence-electron chi connectivity index (χ1n) is 10.9. The Kier molecular flexibility index (Phi) is 5.79. The van der Waals surface area contributed by atoms with E-state index in [-0.39, 0.29) is 0 Å². The minimum atomic E-state index is 0.707. The van der Waals surface area contributed by atoms with Crippen LogP contribution in [0, 0.1) is 0 Å². The number of rotatable bonds is 5. The van der Waals surface area contributed by atoms with Crippen molar-refractivity contribution < 1.29 is 4.74 Å². The second-order valence-corrected chi connectivity index (χ2v) is 9.29. The van der Waals surface area contributed by atoms with Crippen LogP contribution in [0.1, 0.15) is 37.7 Å². The van der Waals surface area contributed by atoms with Crippen molar-refractivity contribution in [3.63, 3.8) is 0 Å². The number of fused-ring (bicyclic) bond motifs is 1. The first-order chi connectivity index (χ1) is 14.3. The molecule has 0 amide bonds. The number of aromatic nitrogens is 1. The van der Waals surface area contributed by atoms with E-state index in [2.05, 4.69) is 45.1 Å². The summed E-state index contributed by atoms with van der Waals surface area (Å²) in [6.45, 7) is 6.10. The van der Waals surface area contributed by atoms with Crippen molar-refractivity contribution in [1.82, 2.24) is 14.8 Å². The highest BCUT2D eigenvalue weighted by Crippen LogP contribution is 2.31. The van der Waals surface area contributed by atoms with Gasteiger partial charge in [-0.05, 0) is 81.7 Å². The number of benzene rings is 2. The van der Waals surface area contributed by atoms with Crippen molar-refractivity contribution >= 4 is 21.6 Å². The number of nitrogens with zero attached hydrogens (tertiary/aromatic N) is 3. The summed E-state index contributed by atoms with van der Waals surface area (Å²) in [6.07, 6.45) is 6.85. The molecule has 5 rings (SSSR count). The van der Waals surface area contributed by atoms with E-state index in [1.807, 2.05) is 18.2 Å². The zero-order chi connectivity index (χ0) is 19.5. The van der Waals surface area contributed by atoms with Crippen LogP contribution in [-0.4, -0.2) is 47.0 Å². The number of para-hydroxylation sites is 1. The molecule has 3 heterocycles. The SMILES string of the molecule is c1ccc2sc(Oc3ccc(CN4CCC(N5CCCCC5)CC4)cc3)nc2c1. The molecule has 0 radical (unpaired) electrons. The average molecular weight is 408 g/mol. The molecule has 152 valence electrons. The lowest BCUT2D eigenvalue weighted by Crippen LogP contribution is -2.46. The van der Waals surface area contributed by atoms with Gasteiger partial charge in [0, 0.05) is 12.6 Å². The van der Waals surface area contributed by atoms with E-state index in [0.717, 1.165) is 28.6 Å². The molecule has 0 aliphatic carbocycles. The minimum absolute atomic E-state index is 0.707. The Morgan fingerprint density at radius 1 is 0.897 bits per heavy atom. The fourth-order valence-electron chi connectivity index (χ4n) is 4.64. The van der Waals surface area contributed by atoms with Crippen molar-refractivity contribution in [1.29, 1.82) is 0 Å². The molecule has 5 heteroatoms. The van der Waals surface area contributed by atoms with E-state index in [0.29, 0.717) is 5.19 Å². The van der Waals surface area contributed by atoms with E-state index in [9.17, 15) is 0 Å². The summed E-state index contributed by atoms with van der Waals surface area (Å²) in [5.41, 5.74) is 2.36. The summed E-state index contributed by atoms with van der Waals surface area (Å²) >= 11 is 1.59. The van der Waals surface area contributed by atoms with Crippen LogP contribution in [-0.2, 0) is 6.54 Å². The molecule has 29 heavy (non-hydrogen) atoms. The smallest absolute Gasteiger partial charge is 0.279 e. The fourth-order valence-corrected chi connectivity index (χ4v) is 5.48. The maximum absolute atomic E-state index is 5.98. The maximum Gasteiger partial charge on any atom is 0.279 e. The standard InChI is InChI=1S/C24H29N3OS/c1-4-14-27(15-5-1)20-12-16-26(17-13-20)18-19-8-10-21(11-9-19)28-24-25-22-6-2-3-7-23(22)29-24/h2-3,6-11,20H,1,4-5,12-18H2. The van der Waals surface area contributed by atoms with Crippen molar-refractivity contribution in [2.45, 2.75) is 44.7 Å². The van der Waals surface area contributed by atoms with E-state index in [1.54, 1.807) is 11.3 Å². The summed E-state index contributed by atoms with van der Waals surface area (Å²) in [5.74, 6) is 0.858. The molecule has 2 saturated heterocycles. The third kappa shape index (κ3) is 4.63. The van der Waals surface area contributed by atoms with Gasteiger partial charge in [0.15, 0.2) is 0 Å². The van der Waals surface area contributed by atoms with E-state index < -0.39 is 0 Å². The molecule has 0 bridgehead atoms. The number of thiazole rings is 1. The lowest BCUT2D eigenvalue weighted by molar-refractivity contribution is 0.0896. The van der Waals surface area contributed by atoms with E-state index in [4.69, 9.17) is 4.74 Å². The maximum atomic E-state index is 5.98. The number of hydrogen-bond donors (Lipinski definition) is 0. The van der Waals surface area contributed by atoms with Gasteiger partial charge in [-0.25, -0.2) is 4.98 Å². The third-order valence-electron chi connectivity index (χ3n) is 6.27. The van der Waals surface area contributed by atoms with Gasteiger partial charge in [-0.2, -0.15) is 0 Å². The summed E-state index contributed by atoms with van der Waals surface area (Å²) in [7, 11) is 0. The Balaban J connectivity index is 1.14. The van der Waals surface area contributed by atoms with Crippen LogP contribution in [0.15, 0.2) is 48.5 Å². The van der Waals surface area contributed by atoms with Crippen LogP contribution < -0.4 is 4.74 Å². The van der Waals surface area contributed by atoms with Crippen LogP contribution in [0.25, 0.3) is 10.2 Å². The molecule has 4 nitrogen and oxygen atoms in total. The number of likely N-dealkylation sites (tertiary alicyclic amines) is 2. The molecule has 0 unspecified atom stereocenters. The molecule has 2 aliphatic rings. The van der Waals surface area contributed by atoms with Crippen LogP contribution in [0.5, 0.6) is 10.9 Å². The normalized spacial score (nSPS) is 19.6. The van der Waals surface area contributed by atoms with Crippen LogP contribution in [0.2, 0.25) is 0 Å². The van der Waals surface area contributed by atoms with E-state index >= 15 is 0 Å². The average Bonchev–Trinajstić information content (AvgIpc) is 3.19. The van der Waals surface area contributed by atoms with Crippen molar-refractivity contribution in [2.24, 2.45) is 0 Å². The highest BCUT2D eigenvalue weighted by atomic mass is 32.1. The molecular formula is C24H29N3OS. The topological polar surface area (TPSA) is 28.6 Å². The van der Waals surface area contributed by atoms with Gasteiger partial charge in [-0.15, -0.1) is 0 Å². The Morgan fingerprint density at radius 3 is 2.41 bits per heavy atom. The minimum Gasteiger partial charge on any atom is -0.431 e. The monoisotopic (exact) mass is 407 g/mol. The molecule has 0 atom stereocenters. The molecule has 0 N–H and O–H groups in total.